The second kappa shape index (κ2) is 9.82. The van der Waals surface area contributed by atoms with Crippen molar-refractivity contribution < 1.29 is 30.0 Å². The van der Waals surface area contributed by atoms with Crippen molar-refractivity contribution in [2.24, 2.45) is 11.8 Å². The fourth-order valence-corrected chi connectivity index (χ4v) is 5.06. The number of carbonyl (C=O) groups is 1. The van der Waals surface area contributed by atoms with E-state index in [0.717, 1.165) is 51.6 Å². The number of rotatable bonds is 5. The number of nitrogens with zero attached hydrogens (tertiary/aromatic N) is 2. The monoisotopic (exact) mass is 400 g/mol. The Bertz CT molecular complexity index is 505. The van der Waals surface area contributed by atoms with Crippen LogP contribution < -0.4 is 0 Å². The number of aliphatic hydroxyl groups is 4. The molecule has 4 atom stereocenters. The number of aliphatic hydroxyl groups excluding tert-OH is 4. The van der Waals surface area contributed by atoms with Crippen molar-refractivity contribution >= 4 is 5.91 Å². The largest absolute Gasteiger partial charge is 0.395 e. The number of methoxy groups -OCH3 is 1. The summed E-state index contributed by atoms with van der Waals surface area (Å²) in [5.74, 6) is 0.737. The highest BCUT2D eigenvalue weighted by Gasteiger charge is 2.42. The Balaban J connectivity index is 1.47. The Hall–Kier alpha value is -0.770. The number of ether oxygens (including phenoxy) is 1. The van der Waals surface area contributed by atoms with Gasteiger partial charge >= 0.3 is 0 Å². The van der Waals surface area contributed by atoms with Crippen LogP contribution >= 0.6 is 0 Å². The highest BCUT2D eigenvalue weighted by Crippen LogP contribution is 2.30. The Labute approximate surface area is 167 Å². The first kappa shape index (κ1) is 21.9. The molecule has 3 fully saturated rings. The third-order valence-corrected chi connectivity index (χ3v) is 6.99. The molecule has 2 aliphatic heterocycles. The van der Waals surface area contributed by atoms with Crippen molar-refractivity contribution in [1.29, 1.82) is 0 Å². The van der Waals surface area contributed by atoms with Crippen LogP contribution in [0.2, 0.25) is 0 Å². The highest BCUT2D eigenvalue weighted by atomic mass is 16.5. The molecule has 0 aromatic carbocycles. The molecule has 2 heterocycles. The van der Waals surface area contributed by atoms with Crippen LogP contribution in [-0.2, 0) is 9.53 Å². The minimum atomic E-state index is -1.22. The molecule has 162 valence electrons. The number of β-amino-alcohol motifs (C(OH)–C–C–N with tert-alkyl or cyclic N) is 1. The Morgan fingerprint density at radius 2 is 1.64 bits per heavy atom. The molecule has 0 unspecified atom stereocenters. The summed E-state index contributed by atoms with van der Waals surface area (Å²) in [6, 6.07) is -0.561. The van der Waals surface area contributed by atoms with E-state index in [4.69, 9.17) is 4.74 Å². The number of hydrogen-bond acceptors (Lipinski definition) is 7. The van der Waals surface area contributed by atoms with Gasteiger partial charge in [-0.2, -0.15) is 0 Å². The summed E-state index contributed by atoms with van der Waals surface area (Å²) in [5, 5.41) is 39.5. The minimum absolute atomic E-state index is 0.121. The number of carbonyl (C=O) groups excluding carboxylic acids is 1. The number of amides is 1. The lowest BCUT2D eigenvalue weighted by atomic mass is 9.85. The average Bonchev–Trinajstić information content (AvgIpc) is 2.72. The first-order valence-corrected chi connectivity index (χ1v) is 10.6. The van der Waals surface area contributed by atoms with Crippen LogP contribution in [0.25, 0.3) is 0 Å². The molecule has 28 heavy (non-hydrogen) atoms. The smallest absolute Gasteiger partial charge is 0.225 e. The fraction of sp³-hybridized carbons (Fsp3) is 0.950. The first-order valence-electron chi connectivity index (χ1n) is 10.6. The summed E-state index contributed by atoms with van der Waals surface area (Å²) in [4.78, 5) is 16.7. The molecule has 1 saturated carbocycles. The van der Waals surface area contributed by atoms with E-state index in [1.807, 2.05) is 9.80 Å². The van der Waals surface area contributed by atoms with Gasteiger partial charge in [0.05, 0.1) is 24.9 Å². The van der Waals surface area contributed by atoms with Crippen LogP contribution in [-0.4, -0.2) is 106 Å². The standard InChI is InChI=1S/C20H36N2O6/c1-28-15-4-2-14(3-5-15)20(27)21-8-6-13(7-9-21)10-22-11-17(24)19(26)18(25)16(22)12-23/h13-19,23-26H,2-12H2,1H3/t14?,15?,16-,17+,18-,19-/m1/s1. The molecule has 8 heteroatoms. The number of likely N-dealkylation sites (tertiary alicyclic amines) is 2. The predicted molar refractivity (Wildman–Crippen MR) is 103 cm³/mol. The molecule has 0 spiro atoms. The van der Waals surface area contributed by atoms with Crippen molar-refractivity contribution in [2.75, 3.05) is 39.9 Å². The Morgan fingerprint density at radius 3 is 2.21 bits per heavy atom. The third kappa shape index (κ3) is 4.86. The molecule has 0 aromatic heterocycles. The van der Waals surface area contributed by atoms with Crippen LogP contribution in [0.15, 0.2) is 0 Å². The van der Waals surface area contributed by atoms with E-state index < -0.39 is 24.4 Å². The van der Waals surface area contributed by atoms with E-state index in [1.54, 1.807) is 7.11 Å². The second-order valence-electron chi connectivity index (χ2n) is 8.73. The highest BCUT2D eigenvalue weighted by molar-refractivity contribution is 5.79. The zero-order valence-electron chi connectivity index (χ0n) is 16.8. The van der Waals surface area contributed by atoms with Gasteiger partial charge in [0.25, 0.3) is 0 Å². The van der Waals surface area contributed by atoms with Gasteiger partial charge in [-0.25, -0.2) is 0 Å². The van der Waals surface area contributed by atoms with Gasteiger partial charge in [0.1, 0.15) is 12.2 Å². The first-order chi connectivity index (χ1) is 13.4. The van der Waals surface area contributed by atoms with Crippen molar-refractivity contribution in [3.63, 3.8) is 0 Å². The van der Waals surface area contributed by atoms with Crippen molar-refractivity contribution in [3.05, 3.63) is 0 Å². The summed E-state index contributed by atoms with van der Waals surface area (Å²) in [7, 11) is 1.74. The van der Waals surface area contributed by atoms with Crippen molar-refractivity contribution in [1.82, 2.24) is 9.80 Å². The zero-order valence-corrected chi connectivity index (χ0v) is 16.8. The summed E-state index contributed by atoms with van der Waals surface area (Å²) < 4.78 is 5.39. The predicted octanol–water partition coefficient (Wildman–Crippen LogP) is -0.811. The lowest BCUT2D eigenvalue weighted by Crippen LogP contribution is -2.63. The maximum atomic E-state index is 12.8. The molecule has 2 saturated heterocycles. The molecule has 8 nitrogen and oxygen atoms in total. The Morgan fingerprint density at radius 1 is 1.00 bits per heavy atom. The molecule has 1 aliphatic carbocycles. The number of hydrogen-bond donors (Lipinski definition) is 4. The quantitative estimate of drug-likeness (QED) is 0.477. The fourth-order valence-electron chi connectivity index (χ4n) is 5.06. The normalized spacial score (nSPS) is 38.5. The van der Waals surface area contributed by atoms with Gasteiger partial charge in [0, 0.05) is 39.2 Å². The van der Waals surface area contributed by atoms with Gasteiger partial charge in [-0.05, 0) is 44.4 Å². The molecule has 0 aromatic rings. The van der Waals surface area contributed by atoms with Gasteiger partial charge in [-0.15, -0.1) is 0 Å². The molecule has 1 amide bonds. The van der Waals surface area contributed by atoms with Crippen LogP contribution in [0.5, 0.6) is 0 Å². The molecule has 3 rings (SSSR count). The van der Waals surface area contributed by atoms with E-state index in [-0.39, 0.29) is 25.0 Å². The molecule has 3 aliphatic rings. The van der Waals surface area contributed by atoms with Crippen molar-refractivity contribution in [2.45, 2.75) is 69.0 Å². The second-order valence-corrected chi connectivity index (χ2v) is 8.73. The summed E-state index contributed by atoms with van der Waals surface area (Å²) in [6.07, 6.45) is 2.38. The lowest BCUT2D eigenvalue weighted by Gasteiger charge is -2.45. The average molecular weight is 401 g/mol. The van der Waals surface area contributed by atoms with E-state index in [9.17, 15) is 25.2 Å². The molecule has 0 radical (unpaired) electrons. The van der Waals surface area contributed by atoms with Crippen LogP contribution in [0.3, 0.4) is 0 Å². The van der Waals surface area contributed by atoms with Crippen LogP contribution in [0.4, 0.5) is 0 Å². The van der Waals surface area contributed by atoms with E-state index in [0.29, 0.717) is 18.6 Å². The summed E-state index contributed by atoms with van der Waals surface area (Å²) in [5.41, 5.74) is 0. The minimum Gasteiger partial charge on any atom is -0.395 e. The van der Waals surface area contributed by atoms with E-state index in [1.165, 1.54) is 0 Å². The zero-order chi connectivity index (χ0) is 20.3. The van der Waals surface area contributed by atoms with Gasteiger partial charge < -0.3 is 30.1 Å². The maximum absolute atomic E-state index is 12.8. The van der Waals surface area contributed by atoms with Gasteiger partial charge in [-0.3, -0.25) is 9.69 Å². The Kier molecular flexibility index (Phi) is 7.69. The van der Waals surface area contributed by atoms with E-state index in [2.05, 4.69) is 0 Å². The third-order valence-electron chi connectivity index (χ3n) is 6.99. The van der Waals surface area contributed by atoms with Gasteiger partial charge in [0.15, 0.2) is 0 Å². The lowest BCUT2D eigenvalue weighted by molar-refractivity contribution is -0.149. The summed E-state index contributed by atoms with van der Waals surface area (Å²) >= 11 is 0. The van der Waals surface area contributed by atoms with E-state index >= 15 is 0 Å². The maximum Gasteiger partial charge on any atom is 0.225 e. The number of piperidine rings is 2. The molecular formula is C20H36N2O6. The van der Waals surface area contributed by atoms with Gasteiger partial charge in [0.2, 0.25) is 5.91 Å². The van der Waals surface area contributed by atoms with Crippen LogP contribution in [0.1, 0.15) is 38.5 Å². The van der Waals surface area contributed by atoms with Crippen molar-refractivity contribution in [3.8, 4) is 0 Å². The molecule has 4 N–H and O–H groups in total. The summed E-state index contributed by atoms with van der Waals surface area (Å²) in [6.45, 7) is 2.10. The SMILES string of the molecule is COC1CCC(C(=O)N2CCC(CN3C[C@H](O)[C@@H](O)[C@H](O)[C@H]3CO)CC2)CC1. The molecular weight excluding hydrogens is 364 g/mol. The van der Waals surface area contributed by atoms with Crippen LogP contribution in [0, 0.1) is 11.8 Å². The topological polar surface area (TPSA) is 114 Å². The van der Waals surface area contributed by atoms with Gasteiger partial charge in [-0.1, -0.05) is 0 Å². The molecule has 0 bridgehead atoms.